The number of hydrogen-bond acceptors (Lipinski definition) is 5. The molecular weight excluding hydrogens is 387 g/mol. The third-order valence-electron chi connectivity index (χ3n) is 3.94. The van der Waals surface area contributed by atoms with Crippen molar-refractivity contribution >= 4 is 11.6 Å². The van der Waals surface area contributed by atoms with Crippen LogP contribution in [0.1, 0.15) is 31.2 Å². The molecule has 2 aromatic carbocycles. The topological polar surface area (TPSA) is 77.2 Å². The highest BCUT2D eigenvalue weighted by Gasteiger charge is 2.33. The SMILES string of the molecule is CC(C)c1noc(-c2ccccc2OCC(=O)Nc2ccccc2C(F)(F)F)n1. The van der Waals surface area contributed by atoms with E-state index in [2.05, 4.69) is 15.5 Å². The van der Waals surface area contributed by atoms with E-state index in [0.717, 1.165) is 6.07 Å². The van der Waals surface area contributed by atoms with Crippen molar-refractivity contribution in [3.63, 3.8) is 0 Å². The molecule has 1 amide bonds. The molecule has 152 valence electrons. The number of alkyl halides is 3. The summed E-state index contributed by atoms with van der Waals surface area (Å²) < 4.78 is 49.9. The zero-order valence-corrected chi connectivity index (χ0v) is 15.7. The maximum absolute atomic E-state index is 13.0. The van der Waals surface area contributed by atoms with E-state index in [-0.39, 0.29) is 17.5 Å². The van der Waals surface area contributed by atoms with Crippen LogP contribution < -0.4 is 10.1 Å². The lowest BCUT2D eigenvalue weighted by molar-refractivity contribution is -0.137. The van der Waals surface area contributed by atoms with Gasteiger partial charge < -0.3 is 14.6 Å². The normalized spacial score (nSPS) is 11.5. The second-order valence-corrected chi connectivity index (χ2v) is 6.49. The molecule has 29 heavy (non-hydrogen) atoms. The molecule has 0 saturated heterocycles. The van der Waals surface area contributed by atoms with E-state index < -0.39 is 24.3 Å². The molecule has 3 rings (SSSR count). The highest BCUT2D eigenvalue weighted by atomic mass is 19.4. The first-order valence-electron chi connectivity index (χ1n) is 8.77. The molecule has 0 fully saturated rings. The van der Waals surface area contributed by atoms with Gasteiger partial charge in [-0.1, -0.05) is 43.3 Å². The molecule has 1 N–H and O–H groups in total. The molecule has 0 atom stereocenters. The maximum Gasteiger partial charge on any atom is 0.418 e. The fourth-order valence-electron chi connectivity index (χ4n) is 2.52. The minimum atomic E-state index is -4.58. The third-order valence-corrected chi connectivity index (χ3v) is 3.94. The number of anilines is 1. The van der Waals surface area contributed by atoms with Crippen LogP contribution in [-0.2, 0) is 11.0 Å². The fourth-order valence-corrected chi connectivity index (χ4v) is 2.52. The van der Waals surface area contributed by atoms with E-state index in [0.29, 0.717) is 17.1 Å². The molecule has 0 aliphatic carbocycles. The fraction of sp³-hybridized carbons (Fsp3) is 0.250. The maximum atomic E-state index is 13.0. The molecule has 0 saturated carbocycles. The monoisotopic (exact) mass is 405 g/mol. The van der Waals surface area contributed by atoms with Gasteiger partial charge in [-0.15, -0.1) is 0 Å². The van der Waals surface area contributed by atoms with E-state index in [1.54, 1.807) is 24.3 Å². The number of para-hydroxylation sites is 2. The number of halogens is 3. The van der Waals surface area contributed by atoms with Crippen molar-refractivity contribution in [2.45, 2.75) is 25.9 Å². The number of rotatable bonds is 6. The predicted molar refractivity (Wildman–Crippen MR) is 99.4 cm³/mol. The van der Waals surface area contributed by atoms with Gasteiger partial charge in [0.25, 0.3) is 11.8 Å². The Kier molecular flexibility index (Phi) is 5.86. The summed E-state index contributed by atoms with van der Waals surface area (Å²) in [5, 5.41) is 6.12. The minimum absolute atomic E-state index is 0.0695. The van der Waals surface area contributed by atoms with E-state index in [1.807, 2.05) is 13.8 Å². The van der Waals surface area contributed by atoms with Gasteiger partial charge in [0.2, 0.25) is 0 Å². The third kappa shape index (κ3) is 4.92. The first kappa shape index (κ1) is 20.4. The quantitative estimate of drug-likeness (QED) is 0.631. The minimum Gasteiger partial charge on any atom is -0.483 e. The van der Waals surface area contributed by atoms with Crippen molar-refractivity contribution in [2.75, 3.05) is 11.9 Å². The number of hydrogen-bond donors (Lipinski definition) is 1. The largest absolute Gasteiger partial charge is 0.483 e. The van der Waals surface area contributed by atoms with E-state index in [4.69, 9.17) is 9.26 Å². The van der Waals surface area contributed by atoms with Crippen LogP contribution in [0.25, 0.3) is 11.5 Å². The Bertz CT molecular complexity index is 1000. The van der Waals surface area contributed by atoms with Crippen LogP contribution in [0.15, 0.2) is 53.1 Å². The molecule has 0 radical (unpaired) electrons. The van der Waals surface area contributed by atoms with Gasteiger partial charge in [-0.05, 0) is 24.3 Å². The number of carbonyl (C=O) groups excluding carboxylic acids is 1. The Labute approximate surface area is 164 Å². The molecule has 0 aliphatic rings. The highest BCUT2D eigenvalue weighted by molar-refractivity contribution is 5.92. The molecule has 3 aromatic rings. The molecule has 0 spiro atoms. The molecule has 1 aromatic heterocycles. The van der Waals surface area contributed by atoms with Crippen LogP contribution in [-0.4, -0.2) is 22.7 Å². The van der Waals surface area contributed by atoms with Gasteiger partial charge in [-0.3, -0.25) is 4.79 Å². The summed E-state index contributed by atoms with van der Waals surface area (Å²) in [6.07, 6.45) is -4.58. The van der Waals surface area contributed by atoms with Gasteiger partial charge in [-0.2, -0.15) is 18.2 Å². The van der Waals surface area contributed by atoms with Gasteiger partial charge in [0.15, 0.2) is 12.4 Å². The van der Waals surface area contributed by atoms with Crippen LogP contribution in [0.4, 0.5) is 18.9 Å². The number of nitrogens with zero attached hydrogens (tertiary/aromatic N) is 2. The molecule has 1 heterocycles. The Morgan fingerprint density at radius 3 is 2.52 bits per heavy atom. The second-order valence-electron chi connectivity index (χ2n) is 6.49. The van der Waals surface area contributed by atoms with Gasteiger partial charge in [-0.25, -0.2) is 0 Å². The highest BCUT2D eigenvalue weighted by Crippen LogP contribution is 2.34. The molecule has 0 aliphatic heterocycles. The lowest BCUT2D eigenvalue weighted by Gasteiger charge is -2.14. The van der Waals surface area contributed by atoms with Gasteiger partial charge in [0.05, 0.1) is 16.8 Å². The van der Waals surface area contributed by atoms with Crippen LogP contribution in [0.3, 0.4) is 0 Å². The van der Waals surface area contributed by atoms with Crippen molar-refractivity contribution in [3.05, 3.63) is 59.9 Å². The van der Waals surface area contributed by atoms with Crippen LogP contribution in [0, 0.1) is 0 Å². The average Bonchev–Trinajstić information content (AvgIpc) is 3.16. The van der Waals surface area contributed by atoms with Crippen LogP contribution >= 0.6 is 0 Å². The van der Waals surface area contributed by atoms with Crippen LogP contribution in [0.2, 0.25) is 0 Å². The van der Waals surface area contributed by atoms with Crippen molar-refractivity contribution < 1.29 is 27.2 Å². The smallest absolute Gasteiger partial charge is 0.418 e. The number of amides is 1. The molecule has 6 nitrogen and oxygen atoms in total. The molecule has 0 bridgehead atoms. The van der Waals surface area contributed by atoms with E-state index >= 15 is 0 Å². The first-order chi connectivity index (χ1) is 13.8. The van der Waals surface area contributed by atoms with Crippen LogP contribution in [0.5, 0.6) is 5.75 Å². The number of benzene rings is 2. The number of nitrogens with one attached hydrogen (secondary N) is 1. The summed E-state index contributed by atoms with van der Waals surface area (Å²) in [6, 6.07) is 11.4. The van der Waals surface area contributed by atoms with Crippen molar-refractivity contribution in [1.82, 2.24) is 10.1 Å². The summed E-state index contributed by atoms with van der Waals surface area (Å²) in [5.74, 6) is 0.388. The molecule has 0 unspecified atom stereocenters. The summed E-state index contributed by atoms with van der Waals surface area (Å²) >= 11 is 0. The summed E-state index contributed by atoms with van der Waals surface area (Å²) in [5.41, 5.74) is -0.781. The molecule has 9 heteroatoms. The lowest BCUT2D eigenvalue weighted by atomic mass is 10.1. The van der Waals surface area contributed by atoms with Gasteiger partial charge in [0, 0.05) is 5.92 Å². The van der Waals surface area contributed by atoms with Crippen molar-refractivity contribution in [1.29, 1.82) is 0 Å². The zero-order valence-electron chi connectivity index (χ0n) is 15.7. The van der Waals surface area contributed by atoms with E-state index in [9.17, 15) is 18.0 Å². The number of aromatic nitrogens is 2. The Hall–Kier alpha value is -3.36. The summed E-state index contributed by atoms with van der Waals surface area (Å²) in [6.45, 7) is 3.34. The first-order valence-corrected chi connectivity index (χ1v) is 8.77. The van der Waals surface area contributed by atoms with Gasteiger partial charge in [0.1, 0.15) is 5.75 Å². The Balaban J connectivity index is 1.72. The number of carbonyl (C=O) groups is 1. The van der Waals surface area contributed by atoms with Gasteiger partial charge >= 0.3 is 6.18 Å². The standard InChI is InChI=1S/C20H18F3N3O3/c1-12(2)18-25-19(29-26-18)13-7-3-6-10-16(13)28-11-17(27)24-15-9-5-4-8-14(15)20(21,22)23/h3-10,12H,11H2,1-2H3,(H,24,27). The number of ether oxygens (including phenoxy) is 1. The van der Waals surface area contributed by atoms with Crippen molar-refractivity contribution in [3.8, 4) is 17.2 Å². The second kappa shape index (κ2) is 8.34. The van der Waals surface area contributed by atoms with E-state index in [1.165, 1.54) is 18.2 Å². The predicted octanol–water partition coefficient (Wildman–Crippen LogP) is 4.90. The summed E-state index contributed by atoms with van der Waals surface area (Å²) in [4.78, 5) is 16.4. The Morgan fingerprint density at radius 1 is 1.14 bits per heavy atom. The lowest BCUT2D eigenvalue weighted by Crippen LogP contribution is -2.22. The summed E-state index contributed by atoms with van der Waals surface area (Å²) in [7, 11) is 0. The van der Waals surface area contributed by atoms with Crippen molar-refractivity contribution in [2.24, 2.45) is 0 Å². The zero-order chi connectivity index (χ0) is 21.0. The average molecular weight is 405 g/mol. The Morgan fingerprint density at radius 2 is 1.83 bits per heavy atom. The molecular formula is C20H18F3N3O3.